The fraction of sp³-hybridized carbons (Fsp3) is 0.273. The van der Waals surface area contributed by atoms with Gasteiger partial charge in [0, 0.05) is 30.2 Å². The highest BCUT2D eigenvalue weighted by Gasteiger charge is 2.07. The number of aromatic nitrogens is 3. The summed E-state index contributed by atoms with van der Waals surface area (Å²) in [6, 6.07) is 1.80. The molecule has 0 spiro atoms. The maximum Gasteiger partial charge on any atom is 0.0950 e. The van der Waals surface area contributed by atoms with Crippen LogP contribution in [0.25, 0.3) is 11.3 Å². The van der Waals surface area contributed by atoms with E-state index in [1.165, 1.54) is 0 Å². The van der Waals surface area contributed by atoms with Crippen molar-refractivity contribution in [1.82, 2.24) is 14.5 Å². The van der Waals surface area contributed by atoms with Crippen molar-refractivity contribution < 1.29 is 0 Å². The Hall–Kier alpha value is -1.84. The molecule has 0 saturated carbocycles. The van der Waals surface area contributed by atoms with E-state index in [1.54, 1.807) is 18.5 Å². The molecule has 0 aliphatic heterocycles. The molecule has 0 unspecified atom stereocenters. The molecule has 0 bridgehead atoms. The second-order valence-electron chi connectivity index (χ2n) is 3.44. The van der Waals surface area contributed by atoms with Crippen LogP contribution < -0.4 is 5.73 Å². The molecule has 2 N–H and O–H groups in total. The third kappa shape index (κ3) is 1.83. The summed E-state index contributed by atoms with van der Waals surface area (Å²) in [5.74, 6) is 0. The van der Waals surface area contributed by atoms with E-state index in [-0.39, 0.29) is 0 Å². The first kappa shape index (κ1) is 9.71. The third-order valence-electron chi connectivity index (χ3n) is 2.31. The van der Waals surface area contributed by atoms with Gasteiger partial charge in [0.2, 0.25) is 0 Å². The van der Waals surface area contributed by atoms with Crippen molar-refractivity contribution in [2.45, 2.75) is 19.9 Å². The van der Waals surface area contributed by atoms with Crippen LogP contribution in [-0.4, -0.2) is 14.5 Å². The molecule has 0 amide bonds. The van der Waals surface area contributed by atoms with Gasteiger partial charge in [-0.1, -0.05) is 6.92 Å². The first-order chi connectivity index (χ1) is 7.33. The van der Waals surface area contributed by atoms with E-state index >= 15 is 0 Å². The molecule has 78 valence electrons. The third-order valence-corrected chi connectivity index (χ3v) is 2.31. The van der Waals surface area contributed by atoms with E-state index in [9.17, 15) is 0 Å². The number of anilines is 1. The highest BCUT2D eigenvalue weighted by Crippen LogP contribution is 2.24. The van der Waals surface area contributed by atoms with E-state index in [4.69, 9.17) is 5.73 Å². The average Bonchev–Trinajstić information content (AvgIpc) is 2.67. The van der Waals surface area contributed by atoms with Crippen LogP contribution >= 0.6 is 0 Å². The molecule has 2 heterocycles. The van der Waals surface area contributed by atoms with Crippen molar-refractivity contribution in [1.29, 1.82) is 0 Å². The zero-order chi connectivity index (χ0) is 10.7. The molecular formula is C11H14N4. The molecular weight excluding hydrogens is 188 g/mol. The van der Waals surface area contributed by atoms with Gasteiger partial charge in [0.05, 0.1) is 18.2 Å². The highest BCUT2D eigenvalue weighted by molar-refractivity contribution is 5.72. The van der Waals surface area contributed by atoms with E-state index in [2.05, 4.69) is 21.5 Å². The summed E-state index contributed by atoms with van der Waals surface area (Å²) in [6.45, 7) is 3.08. The Morgan fingerprint density at radius 1 is 1.33 bits per heavy atom. The van der Waals surface area contributed by atoms with Crippen LogP contribution in [0.3, 0.4) is 0 Å². The minimum atomic E-state index is 0.739. The van der Waals surface area contributed by atoms with Gasteiger partial charge in [-0.25, -0.2) is 4.98 Å². The lowest BCUT2D eigenvalue weighted by atomic mass is 10.2. The molecule has 2 rings (SSSR count). The van der Waals surface area contributed by atoms with Crippen LogP contribution in [-0.2, 0) is 6.54 Å². The van der Waals surface area contributed by atoms with Crippen molar-refractivity contribution in [2.24, 2.45) is 0 Å². The molecule has 0 fully saturated rings. The Morgan fingerprint density at radius 3 is 2.93 bits per heavy atom. The zero-order valence-electron chi connectivity index (χ0n) is 8.72. The van der Waals surface area contributed by atoms with Crippen molar-refractivity contribution in [3.05, 3.63) is 31.0 Å². The fourth-order valence-corrected chi connectivity index (χ4v) is 1.58. The topological polar surface area (TPSA) is 56.7 Å². The van der Waals surface area contributed by atoms with Gasteiger partial charge >= 0.3 is 0 Å². The molecule has 0 aliphatic carbocycles. The summed E-state index contributed by atoms with van der Waals surface area (Å²) in [4.78, 5) is 8.22. The number of nitrogen functional groups attached to an aromatic ring is 1. The van der Waals surface area contributed by atoms with Crippen LogP contribution in [0.15, 0.2) is 31.0 Å². The number of aryl methyl sites for hydroxylation is 1. The smallest absolute Gasteiger partial charge is 0.0950 e. The second kappa shape index (κ2) is 4.13. The van der Waals surface area contributed by atoms with Gasteiger partial charge in [-0.2, -0.15) is 0 Å². The lowest BCUT2D eigenvalue weighted by Crippen LogP contribution is -1.99. The maximum atomic E-state index is 5.90. The summed E-state index contributed by atoms with van der Waals surface area (Å²) in [5.41, 5.74) is 8.61. The average molecular weight is 202 g/mol. The molecule has 0 atom stereocenters. The maximum absolute atomic E-state index is 5.90. The summed E-state index contributed by atoms with van der Waals surface area (Å²) < 4.78 is 2.09. The fourth-order valence-electron chi connectivity index (χ4n) is 1.58. The molecule has 4 heteroatoms. The number of imidazole rings is 1. The van der Waals surface area contributed by atoms with Gasteiger partial charge in [-0.05, 0) is 12.5 Å². The van der Waals surface area contributed by atoms with Gasteiger partial charge in [0.15, 0.2) is 0 Å². The predicted octanol–water partition coefficient (Wildman–Crippen LogP) is 1.94. The summed E-state index contributed by atoms with van der Waals surface area (Å²) in [7, 11) is 0. The number of pyridine rings is 1. The molecule has 2 aromatic rings. The van der Waals surface area contributed by atoms with E-state index in [0.717, 1.165) is 29.9 Å². The first-order valence-corrected chi connectivity index (χ1v) is 5.03. The standard InChI is InChI=1S/C11H14N4/c1-2-5-15-8-14-7-11(15)9-6-13-4-3-10(9)12/h3-4,6-8H,2,5H2,1H3,(H2,12,13). The lowest BCUT2D eigenvalue weighted by molar-refractivity contribution is 0.684. The molecule has 2 aromatic heterocycles. The lowest BCUT2D eigenvalue weighted by Gasteiger charge is -2.08. The van der Waals surface area contributed by atoms with Gasteiger partial charge in [0.1, 0.15) is 0 Å². The number of rotatable bonds is 3. The normalized spacial score (nSPS) is 10.5. The predicted molar refractivity (Wildman–Crippen MR) is 60.2 cm³/mol. The molecule has 0 aromatic carbocycles. The number of nitrogens with two attached hydrogens (primary N) is 1. The highest BCUT2D eigenvalue weighted by atomic mass is 15.0. The minimum Gasteiger partial charge on any atom is -0.398 e. The van der Waals surface area contributed by atoms with E-state index < -0.39 is 0 Å². The van der Waals surface area contributed by atoms with Crippen LogP contribution in [0.2, 0.25) is 0 Å². The van der Waals surface area contributed by atoms with Crippen LogP contribution in [0.1, 0.15) is 13.3 Å². The van der Waals surface area contributed by atoms with Crippen molar-refractivity contribution in [3.8, 4) is 11.3 Å². The summed E-state index contributed by atoms with van der Waals surface area (Å²) in [6.07, 6.45) is 8.19. The monoisotopic (exact) mass is 202 g/mol. The second-order valence-corrected chi connectivity index (χ2v) is 3.44. The molecule has 4 nitrogen and oxygen atoms in total. The van der Waals surface area contributed by atoms with Crippen LogP contribution in [0.5, 0.6) is 0 Å². The van der Waals surface area contributed by atoms with Crippen LogP contribution in [0, 0.1) is 0 Å². The Kier molecular flexibility index (Phi) is 2.67. The van der Waals surface area contributed by atoms with Gasteiger partial charge in [0.25, 0.3) is 0 Å². The Labute approximate surface area is 88.8 Å². The SMILES string of the molecule is CCCn1cncc1-c1cnccc1N. The van der Waals surface area contributed by atoms with Crippen molar-refractivity contribution in [2.75, 3.05) is 5.73 Å². The van der Waals surface area contributed by atoms with Crippen molar-refractivity contribution >= 4 is 5.69 Å². The van der Waals surface area contributed by atoms with Crippen LogP contribution in [0.4, 0.5) is 5.69 Å². The number of nitrogens with zero attached hydrogens (tertiary/aromatic N) is 3. The van der Waals surface area contributed by atoms with E-state index in [0.29, 0.717) is 0 Å². The summed E-state index contributed by atoms with van der Waals surface area (Å²) >= 11 is 0. The molecule has 0 radical (unpaired) electrons. The minimum absolute atomic E-state index is 0.739. The first-order valence-electron chi connectivity index (χ1n) is 5.03. The summed E-state index contributed by atoms with van der Waals surface area (Å²) in [5, 5.41) is 0. The Balaban J connectivity index is 2.45. The Bertz CT molecular complexity index is 447. The Morgan fingerprint density at radius 2 is 2.20 bits per heavy atom. The number of hydrogen-bond donors (Lipinski definition) is 1. The van der Waals surface area contributed by atoms with Gasteiger partial charge < -0.3 is 10.3 Å². The van der Waals surface area contributed by atoms with Crippen molar-refractivity contribution in [3.63, 3.8) is 0 Å². The van der Waals surface area contributed by atoms with Gasteiger partial charge in [-0.15, -0.1) is 0 Å². The molecule has 0 aliphatic rings. The zero-order valence-corrected chi connectivity index (χ0v) is 8.72. The van der Waals surface area contributed by atoms with E-state index in [1.807, 2.05) is 12.5 Å². The van der Waals surface area contributed by atoms with Gasteiger partial charge in [-0.3, -0.25) is 4.98 Å². The molecule has 0 saturated heterocycles. The quantitative estimate of drug-likeness (QED) is 0.827. The largest absolute Gasteiger partial charge is 0.398 e. The number of hydrogen-bond acceptors (Lipinski definition) is 3. The molecule has 15 heavy (non-hydrogen) atoms.